The van der Waals surface area contributed by atoms with Crippen LogP contribution in [0.4, 0.5) is 5.82 Å². The molecule has 0 radical (unpaired) electrons. The molecule has 1 aromatic carbocycles. The standard InChI is InChI=1S/C20H23N5/c1-2-5-16-13-17(12-15(16)4-1)24-8-3-9-25(11-10-24)20-18-6-7-21-19(18)22-14-23-20/h1-2,4-7,14,17H,3,8-13H2,(H,21,22,23). The highest BCUT2D eigenvalue weighted by atomic mass is 15.3. The van der Waals surface area contributed by atoms with Crippen LogP contribution in [0, 0.1) is 0 Å². The van der Waals surface area contributed by atoms with E-state index < -0.39 is 0 Å². The molecule has 2 aromatic heterocycles. The molecule has 0 amide bonds. The first-order valence-electron chi connectivity index (χ1n) is 9.22. The predicted octanol–water partition coefficient (Wildman–Crippen LogP) is 2.64. The maximum Gasteiger partial charge on any atom is 0.142 e. The number of rotatable bonds is 2. The van der Waals surface area contributed by atoms with Gasteiger partial charge >= 0.3 is 0 Å². The van der Waals surface area contributed by atoms with Crippen molar-refractivity contribution in [2.45, 2.75) is 25.3 Å². The minimum atomic E-state index is 0.662. The normalized spacial score (nSPS) is 19.3. The molecule has 1 fully saturated rings. The van der Waals surface area contributed by atoms with E-state index in [-0.39, 0.29) is 0 Å². The molecular formula is C20H23N5. The number of anilines is 1. The molecule has 3 aromatic rings. The molecule has 0 spiro atoms. The summed E-state index contributed by atoms with van der Waals surface area (Å²) >= 11 is 0. The fourth-order valence-electron chi connectivity index (χ4n) is 4.42. The van der Waals surface area contributed by atoms with E-state index in [1.54, 1.807) is 17.5 Å². The number of nitrogens with one attached hydrogen (secondary N) is 1. The van der Waals surface area contributed by atoms with Crippen molar-refractivity contribution in [3.63, 3.8) is 0 Å². The third kappa shape index (κ3) is 2.68. The molecule has 0 unspecified atom stereocenters. The topological polar surface area (TPSA) is 48.1 Å². The summed E-state index contributed by atoms with van der Waals surface area (Å²) in [6.07, 6.45) is 7.20. The first kappa shape index (κ1) is 14.9. The molecule has 1 aliphatic heterocycles. The minimum absolute atomic E-state index is 0.662. The molecule has 3 heterocycles. The summed E-state index contributed by atoms with van der Waals surface area (Å²) in [5.74, 6) is 1.07. The highest BCUT2D eigenvalue weighted by molar-refractivity contribution is 5.87. The van der Waals surface area contributed by atoms with Gasteiger partial charge in [0.05, 0.1) is 5.39 Å². The lowest BCUT2D eigenvalue weighted by molar-refractivity contribution is 0.216. The Morgan fingerprint density at radius 2 is 1.76 bits per heavy atom. The van der Waals surface area contributed by atoms with Crippen LogP contribution in [0.1, 0.15) is 17.5 Å². The Balaban J connectivity index is 1.32. The number of aromatic nitrogens is 3. The van der Waals surface area contributed by atoms with Crippen molar-refractivity contribution in [2.24, 2.45) is 0 Å². The summed E-state index contributed by atoms with van der Waals surface area (Å²) < 4.78 is 0. The van der Waals surface area contributed by atoms with Crippen molar-refractivity contribution in [3.8, 4) is 0 Å². The molecule has 128 valence electrons. The van der Waals surface area contributed by atoms with Gasteiger partial charge in [-0.1, -0.05) is 24.3 Å². The third-order valence-electron chi connectivity index (χ3n) is 5.71. The van der Waals surface area contributed by atoms with Crippen LogP contribution in [-0.4, -0.2) is 52.1 Å². The summed E-state index contributed by atoms with van der Waals surface area (Å²) in [4.78, 5) is 17.2. The Morgan fingerprint density at radius 3 is 2.60 bits per heavy atom. The average Bonchev–Trinajstić information content (AvgIpc) is 3.22. The molecule has 5 rings (SSSR count). The van der Waals surface area contributed by atoms with Gasteiger partial charge in [-0.25, -0.2) is 9.97 Å². The Labute approximate surface area is 147 Å². The monoisotopic (exact) mass is 333 g/mol. The van der Waals surface area contributed by atoms with Gasteiger partial charge in [-0.15, -0.1) is 0 Å². The van der Waals surface area contributed by atoms with Gasteiger partial charge in [0.15, 0.2) is 0 Å². The van der Waals surface area contributed by atoms with Gasteiger partial charge in [0.25, 0.3) is 0 Å². The first-order valence-corrected chi connectivity index (χ1v) is 9.22. The van der Waals surface area contributed by atoms with Gasteiger partial charge in [-0.2, -0.15) is 0 Å². The van der Waals surface area contributed by atoms with E-state index in [1.807, 2.05) is 6.20 Å². The molecule has 0 saturated carbocycles. The van der Waals surface area contributed by atoms with Crippen LogP contribution in [0.2, 0.25) is 0 Å². The zero-order valence-electron chi connectivity index (χ0n) is 14.4. The molecule has 0 bridgehead atoms. The molecule has 5 nitrogen and oxygen atoms in total. The Hall–Kier alpha value is -2.40. The van der Waals surface area contributed by atoms with Crippen LogP contribution in [0.25, 0.3) is 11.0 Å². The van der Waals surface area contributed by atoms with Crippen LogP contribution in [-0.2, 0) is 12.8 Å². The highest BCUT2D eigenvalue weighted by Crippen LogP contribution is 2.27. The Morgan fingerprint density at radius 1 is 0.920 bits per heavy atom. The number of aromatic amines is 1. The molecule has 1 aliphatic carbocycles. The number of fused-ring (bicyclic) bond motifs is 2. The number of benzene rings is 1. The summed E-state index contributed by atoms with van der Waals surface area (Å²) in [6, 6.07) is 11.7. The summed E-state index contributed by atoms with van der Waals surface area (Å²) in [5.41, 5.74) is 4.01. The number of H-pyrrole nitrogens is 1. The lowest BCUT2D eigenvalue weighted by Crippen LogP contribution is -2.39. The lowest BCUT2D eigenvalue weighted by Gasteiger charge is -2.27. The lowest BCUT2D eigenvalue weighted by atomic mass is 10.1. The van der Waals surface area contributed by atoms with Crippen LogP contribution in [0.3, 0.4) is 0 Å². The summed E-state index contributed by atoms with van der Waals surface area (Å²) in [6.45, 7) is 4.38. The number of hydrogen-bond donors (Lipinski definition) is 1. The highest BCUT2D eigenvalue weighted by Gasteiger charge is 2.28. The quantitative estimate of drug-likeness (QED) is 0.783. The van der Waals surface area contributed by atoms with Crippen LogP contribution in [0.5, 0.6) is 0 Å². The zero-order valence-corrected chi connectivity index (χ0v) is 14.4. The van der Waals surface area contributed by atoms with Gasteiger partial charge < -0.3 is 9.88 Å². The number of hydrogen-bond acceptors (Lipinski definition) is 4. The van der Waals surface area contributed by atoms with Crippen molar-refractivity contribution < 1.29 is 0 Å². The second kappa shape index (κ2) is 6.15. The number of nitrogens with zero attached hydrogens (tertiary/aromatic N) is 4. The molecule has 1 N–H and O–H groups in total. The largest absolute Gasteiger partial charge is 0.355 e. The molecule has 1 saturated heterocycles. The smallest absolute Gasteiger partial charge is 0.142 e. The molecule has 2 aliphatic rings. The van der Waals surface area contributed by atoms with Gasteiger partial charge in [0, 0.05) is 38.4 Å². The van der Waals surface area contributed by atoms with Crippen LogP contribution in [0.15, 0.2) is 42.9 Å². The van der Waals surface area contributed by atoms with Gasteiger partial charge in [0.1, 0.15) is 17.8 Å². The van der Waals surface area contributed by atoms with E-state index >= 15 is 0 Å². The maximum absolute atomic E-state index is 4.58. The summed E-state index contributed by atoms with van der Waals surface area (Å²) in [7, 11) is 0. The van der Waals surface area contributed by atoms with E-state index in [0.29, 0.717) is 6.04 Å². The molecule has 25 heavy (non-hydrogen) atoms. The van der Waals surface area contributed by atoms with E-state index in [4.69, 9.17) is 0 Å². The molecular weight excluding hydrogens is 310 g/mol. The predicted molar refractivity (Wildman–Crippen MR) is 99.9 cm³/mol. The molecule has 0 atom stereocenters. The van der Waals surface area contributed by atoms with Gasteiger partial charge in [-0.3, -0.25) is 4.90 Å². The first-order chi connectivity index (χ1) is 12.4. The van der Waals surface area contributed by atoms with E-state index in [2.05, 4.69) is 55.1 Å². The Kier molecular flexibility index (Phi) is 3.67. The van der Waals surface area contributed by atoms with Crippen molar-refractivity contribution in [3.05, 3.63) is 54.0 Å². The van der Waals surface area contributed by atoms with Crippen molar-refractivity contribution >= 4 is 16.9 Å². The average molecular weight is 333 g/mol. The zero-order chi connectivity index (χ0) is 16.6. The van der Waals surface area contributed by atoms with Crippen LogP contribution < -0.4 is 4.90 Å². The van der Waals surface area contributed by atoms with Crippen molar-refractivity contribution in [2.75, 3.05) is 31.1 Å². The maximum atomic E-state index is 4.58. The van der Waals surface area contributed by atoms with Crippen LogP contribution >= 0.6 is 0 Å². The fraction of sp³-hybridized carbons (Fsp3) is 0.400. The minimum Gasteiger partial charge on any atom is -0.355 e. The van der Waals surface area contributed by atoms with Gasteiger partial charge in [-0.05, 0) is 36.5 Å². The SMILES string of the molecule is c1ccc2c(c1)CC(N1CCCN(c3ncnc4[nH]ccc34)CC1)C2. The fourth-order valence-corrected chi connectivity index (χ4v) is 4.42. The second-order valence-electron chi connectivity index (χ2n) is 7.14. The van der Waals surface area contributed by atoms with E-state index in [9.17, 15) is 0 Å². The van der Waals surface area contributed by atoms with Crippen molar-refractivity contribution in [1.82, 2.24) is 19.9 Å². The Bertz CT molecular complexity index is 861. The third-order valence-corrected chi connectivity index (χ3v) is 5.71. The van der Waals surface area contributed by atoms with Gasteiger partial charge in [0.2, 0.25) is 0 Å². The van der Waals surface area contributed by atoms with E-state index in [1.165, 1.54) is 25.8 Å². The van der Waals surface area contributed by atoms with E-state index in [0.717, 1.165) is 36.5 Å². The summed E-state index contributed by atoms with van der Waals surface area (Å²) in [5, 5.41) is 1.13. The second-order valence-corrected chi connectivity index (χ2v) is 7.14. The molecule has 5 heteroatoms. The van der Waals surface area contributed by atoms with Crippen molar-refractivity contribution in [1.29, 1.82) is 0 Å².